The highest BCUT2D eigenvalue weighted by atomic mass is 16.5. The van der Waals surface area contributed by atoms with Crippen molar-refractivity contribution in [3.05, 3.63) is 12.2 Å². The molecule has 0 fully saturated rings. The molecule has 0 saturated heterocycles. The highest BCUT2D eigenvalue weighted by molar-refractivity contribution is 5.81. The second-order valence-corrected chi connectivity index (χ2v) is 4.06. The molecule has 2 heteroatoms. The standard InChI is InChI=1S/C14H26O2/c1-3-5-6-7-8-9-10-11-12-13-14(15)16-4-2/h12-13H,3-11H2,1-2H3/b13-12+. The monoisotopic (exact) mass is 226 g/mol. The van der Waals surface area contributed by atoms with Crippen LogP contribution >= 0.6 is 0 Å². The smallest absolute Gasteiger partial charge is 0.330 e. The van der Waals surface area contributed by atoms with Gasteiger partial charge in [0.05, 0.1) is 6.61 Å². The van der Waals surface area contributed by atoms with Gasteiger partial charge in [0.25, 0.3) is 0 Å². The molecule has 0 saturated carbocycles. The van der Waals surface area contributed by atoms with Gasteiger partial charge in [0, 0.05) is 6.08 Å². The number of allylic oxidation sites excluding steroid dienone is 1. The van der Waals surface area contributed by atoms with Crippen molar-refractivity contribution in [1.29, 1.82) is 0 Å². The van der Waals surface area contributed by atoms with E-state index in [1.54, 1.807) is 6.08 Å². The molecule has 0 aliphatic rings. The van der Waals surface area contributed by atoms with Crippen LogP contribution in [-0.2, 0) is 9.53 Å². The van der Waals surface area contributed by atoms with E-state index in [-0.39, 0.29) is 5.97 Å². The minimum Gasteiger partial charge on any atom is -0.463 e. The van der Waals surface area contributed by atoms with Gasteiger partial charge in [-0.3, -0.25) is 0 Å². The Bertz CT molecular complexity index is 185. The van der Waals surface area contributed by atoms with Crippen LogP contribution in [0.1, 0.15) is 65.2 Å². The second kappa shape index (κ2) is 12.3. The van der Waals surface area contributed by atoms with Crippen LogP contribution in [0.15, 0.2) is 12.2 Å². The van der Waals surface area contributed by atoms with Crippen molar-refractivity contribution < 1.29 is 9.53 Å². The summed E-state index contributed by atoms with van der Waals surface area (Å²) in [6.07, 6.45) is 13.6. The number of ether oxygens (including phenoxy) is 1. The Morgan fingerprint density at radius 1 is 1.00 bits per heavy atom. The van der Waals surface area contributed by atoms with Crippen molar-refractivity contribution in [3.63, 3.8) is 0 Å². The van der Waals surface area contributed by atoms with Crippen molar-refractivity contribution >= 4 is 5.97 Å². The molecule has 0 heterocycles. The third kappa shape index (κ3) is 11.3. The van der Waals surface area contributed by atoms with Crippen LogP contribution in [0.5, 0.6) is 0 Å². The quantitative estimate of drug-likeness (QED) is 0.316. The average Bonchev–Trinajstić information content (AvgIpc) is 2.27. The van der Waals surface area contributed by atoms with Crippen molar-refractivity contribution in [1.82, 2.24) is 0 Å². The Kier molecular flexibility index (Phi) is 11.7. The molecular weight excluding hydrogens is 200 g/mol. The maximum atomic E-state index is 10.9. The van der Waals surface area contributed by atoms with Gasteiger partial charge >= 0.3 is 5.97 Å². The summed E-state index contributed by atoms with van der Waals surface area (Å²) in [5.41, 5.74) is 0. The highest BCUT2D eigenvalue weighted by Crippen LogP contribution is 2.08. The van der Waals surface area contributed by atoms with Gasteiger partial charge in [-0.25, -0.2) is 4.79 Å². The van der Waals surface area contributed by atoms with Crippen LogP contribution in [0, 0.1) is 0 Å². The molecule has 0 aliphatic heterocycles. The summed E-state index contributed by atoms with van der Waals surface area (Å²) in [7, 11) is 0. The summed E-state index contributed by atoms with van der Waals surface area (Å²) in [5.74, 6) is -0.217. The molecule has 0 N–H and O–H groups in total. The molecule has 0 atom stereocenters. The van der Waals surface area contributed by atoms with Crippen LogP contribution in [0.2, 0.25) is 0 Å². The van der Waals surface area contributed by atoms with Crippen molar-refractivity contribution in [2.45, 2.75) is 65.2 Å². The van der Waals surface area contributed by atoms with E-state index in [2.05, 4.69) is 6.92 Å². The number of unbranched alkanes of at least 4 members (excludes halogenated alkanes) is 7. The number of esters is 1. The van der Waals surface area contributed by atoms with Gasteiger partial charge in [-0.15, -0.1) is 0 Å². The first kappa shape index (κ1) is 15.2. The Hall–Kier alpha value is -0.790. The minimum absolute atomic E-state index is 0.217. The van der Waals surface area contributed by atoms with Crippen LogP contribution in [-0.4, -0.2) is 12.6 Å². The van der Waals surface area contributed by atoms with E-state index in [1.165, 1.54) is 44.9 Å². The van der Waals surface area contributed by atoms with E-state index < -0.39 is 0 Å². The number of hydrogen-bond donors (Lipinski definition) is 0. The first-order chi connectivity index (χ1) is 7.81. The van der Waals surface area contributed by atoms with E-state index >= 15 is 0 Å². The third-order valence-corrected chi connectivity index (χ3v) is 2.51. The normalized spacial score (nSPS) is 10.9. The fraction of sp³-hybridized carbons (Fsp3) is 0.786. The zero-order valence-electron chi connectivity index (χ0n) is 10.8. The molecule has 0 unspecified atom stereocenters. The summed E-state index contributed by atoms with van der Waals surface area (Å²) >= 11 is 0. The lowest BCUT2D eigenvalue weighted by atomic mass is 10.1. The Balaban J connectivity index is 3.17. The predicted molar refractivity (Wildman–Crippen MR) is 68.4 cm³/mol. The molecule has 0 spiro atoms. The fourth-order valence-electron chi connectivity index (χ4n) is 1.59. The lowest BCUT2D eigenvalue weighted by Gasteiger charge is -1.99. The van der Waals surface area contributed by atoms with Crippen molar-refractivity contribution in [2.24, 2.45) is 0 Å². The summed E-state index contributed by atoms with van der Waals surface area (Å²) < 4.78 is 4.79. The van der Waals surface area contributed by atoms with E-state index in [0.29, 0.717) is 6.61 Å². The van der Waals surface area contributed by atoms with Crippen LogP contribution in [0.4, 0.5) is 0 Å². The Morgan fingerprint density at radius 2 is 1.62 bits per heavy atom. The number of carbonyl (C=O) groups excluding carboxylic acids is 1. The van der Waals surface area contributed by atoms with E-state index in [0.717, 1.165) is 6.42 Å². The average molecular weight is 226 g/mol. The van der Waals surface area contributed by atoms with Gasteiger partial charge in [0.1, 0.15) is 0 Å². The molecule has 0 aromatic carbocycles. The topological polar surface area (TPSA) is 26.3 Å². The molecule has 0 radical (unpaired) electrons. The molecule has 0 aromatic rings. The van der Waals surface area contributed by atoms with Gasteiger partial charge in [-0.1, -0.05) is 51.5 Å². The summed E-state index contributed by atoms with van der Waals surface area (Å²) in [6.45, 7) is 4.52. The molecule has 0 rings (SSSR count). The van der Waals surface area contributed by atoms with E-state index in [9.17, 15) is 4.79 Å². The largest absolute Gasteiger partial charge is 0.463 e. The highest BCUT2D eigenvalue weighted by Gasteiger charge is 1.92. The second-order valence-electron chi connectivity index (χ2n) is 4.06. The Labute approximate surface area is 100 Å². The van der Waals surface area contributed by atoms with Crippen molar-refractivity contribution in [2.75, 3.05) is 6.61 Å². The Morgan fingerprint density at radius 3 is 2.25 bits per heavy atom. The number of rotatable bonds is 10. The molecule has 0 amide bonds. The SMILES string of the molecule is CCCCCCCCC/C=C/C(=O)OCC. The van der Waals surface area contributed by atoms with Gasteiger partial charge < -0.3 is 4.74 Å². The first-order valence-electron chi connectivity index (χ1n) is 6.64. The summed E-state index contributed by atoms with van der Waals surface area (Å²) in [6, 6.07) is 0. The summed E-state index contributed by atoms with van der Waals surface area (Å²) in [5, 5.41) is 0. The molecule has 0 aromatic heterocycles. The summed E-state index contributed by atoms with van der Waals surface area (Å²) in [4.78, 5) is 10.9. The first-order valence-corrected chi connectivity index (χ1v) is 6.64. The van der Waals surface area contributed by atoms with Gasteiger partial charge in [0.15, 0.2) is 0 Å². The van der Waals surface area contributed by atoms with Crippen LogP contribution in [0.25, 0.3) is 0 Å². The third-order valence-electron chi connectivity index (χ3n) is 2.51. The minimum atomic E-state index is -0.217. The van der Waals surface area contributed by atoms with E-state index in [4.69, 9.17) is 4.74 Å². The molecular formula is C14H26O2. The molecule has 0 aliphatic carbocycles. The number of carbonyl (C=O) groups is 1. The molecule has 2 nitrogen and oxygen atoms in total. The van der Waals surface area contributed by atoms with E-state index in [1.807, 2.05) is 13.0 Å². The van der Waals surface area contributed by atoms with Crippen LogP contribution < -0.4 is 0 Å². The lowest BCUT2D eigenvalue weighted by molar-refractivity contribution is -0.137. The van der Waals surface area contributed by atoms with Gasteiger partial charge in [-0.2, -0.15) is 0 Å². The molecule has 94 valence electrons. The molecule has 16 heavy (non-hydrogen) atoms. The van der Waals surface area contributed by atoms with Gasteiger partial charge in [-0.05, 0) is 19.8 Å². The zero-order valence-corrected chi connectivity index (χ0v) is 10.8. The van der Waals surface area contributed by atoms with Crippen molar-refractivity contribution in [3.8, 4) is 0 Å². The maximum absolute atomic E-state index is 10.9. The predicted octanol–water partition coefficient (Wildman–Crippen LogP) is 4.25. The lowest BCUT2D eigenvalue weighted by Crippen LogP contribution is -1.98. The number of hydrogen-bond acceptors (Lipinski definition) is 2. The zero-order chi connectivity index (χ0) is 12.1. The van der Waals surface area contributed by atoms with Crippen LogP contribution in [0.3, 0.4) is 0 Å². The molecule has 0 bridgehead atoms. The maximum Gasteiger partial charge on any atom is 0.330 e. The fourth-order valence-corrected chi connectivity index (χ4v) is 1.59. The van der Waals surface area contributed by atoms with Gasteiger partial charge in [0.2, 0.25) is 0 Å².